The molecule has 0 aromatic carbocycles. The second-order valence-electron chi connectivity index (χ2n) is 3.17. The monoisotopic (exact) mass is 144 g/mol. The summed E-state index contributed by atoms with van der Waals surface area (Å²) >= 11 is 0. The maximum atomic E-state index is 8.88. The minimum atomic E-state index is 0.255. The second-order valence-corrected chi connectivity index (χ2v) is 3.17. The van der Waals surface area contributed by atoms with E-state index in [9.17, 15) is 0 Å². The first-order chi connectivity index (χ1) is 4.88. The molecule has 2 atom stereocenters. The van der Waals surface area contributed by atoms with E-state index in [1.54, 1.807) is 0 Å². The zero-order valence-corrected chi connectivity index (χ0v) is 6.29. The van der Waals surface area contributed by atoms with Gasteiger partial charge < -0.3 is 10.2 Å². The quantitative estimate of drug-likeness (QED) is 0.601. The topological polar surface area (TPSA) is 40.5 Å². The smallest absolute Gasteiger partial charge is 0.0462 e. The summed E-state index contributed by atoms with van der Waals surface area (Å²) in [7, 11) is 0. The van der Waals surface area contributed by atoms with Crippen LogP contribution in [-0.4, -0.2) is 23.4 Å². The summed E-state index contributed by atoms with van der Waals surface area (Å²) < 4.78 is 0. The number of aliphatic hydroxyl groups is 2. The van der Waals surface area contributed by atoms with Crippen LogP contribution >= 0.6 is 0 Å². The van der Waals surface area contributed by atoms with Gasteiger partial charge in [0.2, 0.25) is 0 Å². The molecule has 0 aliphatic heterocycles. The van der Waals surface area contributed by atoms with Gasteiger partial charge in [-0.15, -0.1) is 0 Å². The molecular formula is C8H16O2. The second kappa shape index (κ2) is 3.94. The van der Waals surface area contributed by atoms with Crippen molar-refractivity contribution in [2.24, 2.45) is 11.8 Å². The van der Waals surface area contributed by atoms with E-state index in [2.05, 4.69) is 0 Å². The third-order valence-electron chi connectivity index (χ3n) is 2.54. The van der Waals surface area contributed by atoms with Crippen molar-refractivity contribution >= 4 is 0 Å². The SMILES string of the molecule is OC[C@@H]1CCCC[C@H]1CO. The van der Waals surface area contributed by atoms with Gasteiger partial charge in [0.25, 0.3) is 0 Å². The molecule has 10 heavy (non-hydrogen) atoms. The Balaban J connectivity index is 2.34. The van der Waals surface area contributed by atoms with Crippen molar-refractivity contribution < 1.29 is 10.2 Å². The standard InChI is InChI=1S/C8H16O2/c9-5-7-3-1-2-4-8(7)6-10/h7-10H,1-6H2/t7-,8-/m0/s1. The molecule has 0 amide bonds. The van der Waals surface area contributed by atoms with Crippen molar-refractivity contribution in [2.45, 2.75) is 25.7 Å². The van der Waals surface area contributed by atoms with Crippen LogP contribution in [-0.2, 0) is 0 Å². The van der Waals surface area contributed by atoms with E-state index in [4.69, 9.17) is 10.2 Å². The number of hydrogen-bond acceptors (Lipinski definition) is 2. The Morgan fingerprint density at radius 3 is 1.60 bits per heavy atom. The predicted octanol–water partition coefficient (Wildman–Crippen LogP) is 0.777. The summed E-state index contributed by atoms with van der Waals surface area (Å²) in [5.41, 5.74) is 0. The van der Waals surface area contributed by atoms with Crippen molar-refractivity contribution in [1.82, 2.24) is 0 Å². The van der Waals surface area contributed by atoms with Crippen LogP contribution in [0.5, 0.6) is 0 Å². The molecule has 0 spiro atoms. The van der Waals surface area contributed by atoms with E-state index >= 15 is 0 Å². The van der Waals surface area contributed by atoms with Gasteiger partial charge in [-0.3, -0.25) is 0 Å². The van der Waals surface area contributed by atoms with Crippen LogP contribution in [0, 0.1) is 11.8 Å². The molecule has 0 radical (unpaired) electrons. The van der Waals surface area contributed by atoms with Crippen LogP contribution in [0.4, 0.5) is 0 Å². The first-order valence-electron chi connectivity index (χ1n) is 4.10. The van der Waals surface area contributed by atoms with E-state index in [1.807, 2.05) is 0 Å². The molecule has 2 nitrogen and oxygen atoms in total. The molecule has 0 bridgehead atoms. The molecule has 0 aromatic heterocycles. The van der Waals surface area contributed by atoms with Gasteiger partial charge in [-0.05, 0) is 24.7 Å². The third-order valence-corrected chi connectivity index (χ3v) is 2.54. The Morgan fingerprint density at radius 2 is 1.30 bits per heavy atom. The Morgan fingerprint density at radius 1 is 0.900 bits per heavy atom. The highest BCUT2D eigenvalue weighted by Crippen LogP contribution is 2.28. The largest absolute Gasteiger partial charge is 0.396 e. The maximum absolute atomic E-state index is 8.88. The lowest BCUT2D eigenvalue weighted by Crippen LogP contribution is -2.25. The van der Waals surface area contributed by atoms with Crippen molar-refractivity contribution in [3.63, 3.8) is 0 Å². The highest BCUT2D eigenvalue weighted by Gasteiger charge is 2.23. The van der Waals surface area contributed by atoms with Gasteiger partial charge in [0.05, 0.1) is 0 Å². The van der Waals surface area contributed by atoms with Crippen molar-refractivity contribution in [2.75, 3.05) is 13.2 Å². The lowest BCUT2D eigenvalue weighted by atomic mass is 9.80. The number of hydrogen-bond donors (Lipinski definition) is 2. The molecule has 0 aromatic rings. The van der Waals surface area contributed by atoms with Gasteiger partial charge in [0.15, 0.2) is 0 Å². The van der Waals surface area contributed by atoms with Crippen LogP contribution in [0.1, 0.15) is 25.7 Å². The summed E-state index contributed by atoms with van der Waals surface area (Å²) in [5.74, 6) is 0.748. The normalized spacial score (nSPS) is 34.2. The minimum Gasteiger partial charge on any atom is -0.396 e. The van der Waals surface area contributed by atoms with E-state index in [0.717, 1.165) is 12.8 Å². The first-order valence-corrected chi connectivity index (χ1v) is 4.10. The van der Waals surface area contributed by atoms with E-state index < -0.39 is 0 Å². The Kier molecular flexibility index (Phi) is 3.16. The van der Waals surface area contributed by atoms with Crippen molar-refractivity contribution in [3.8, 4) is 0 Å². The molecule has 1 aliphatic carbocycles. The average Bonchev–Trinajstić information content (AvgIpc) is 2.04. The lowest BCUT2D eigenvalue weighted by molar-refractivity contribution is 0.0869. The van der Waals surface area contributed by atoms with Crippen molar-refractivity contribution in [3.05, 3.63) is 0 Å². The maximum Gasteiger partial charge on any atom is 0.0462 e. The van der Waals surface area contributed by atoms with Gasteiger partial charge in [0.1, 0.15) is 0 Å². The number of rotatable bonds is 2. The molecule has 0 heterocycles. The molecule has 1 saturated carbocycles. The summed E-state index contributed by atoms with van der Waals surface area (Å²) in [4.78, 5) is 0. The van der Waals surface area contributed by atoms with E-state index in [-0.39, 0.29) is 13.2 Å². The fourth-order valence-corrected chi connectivity index (χ4v) is 1.77. The van der Waals surface area contributed by atoms with Gasteiger partial charge in [-0.25, -0.2) is 0 Å². The zero-order valence-electron chi connectivity index (χ0n) is 6.29. The summed E-state index contributed by atoms with van der Waals surface area (Å²) in [5, 5.41) is 17.8. The molecule has 1 aliphatic rings. The lowest BCUT2D eigenvalue weighted by Gasteiger charge is -2.28. The molecule has 0 unspecified atom stereocenters. The molecule has 1 fully saturated rings. The summed E-state index contributed by atoms with van der Waals surface area (Å²) in [6.07, 6.45) is 4.65. The van der Waals surface area contributed by atoms with E-state index in [0.29, 0.717) is 11.8 Å². The highest BCUT2D eigenvalue weighted by atomic mass is 16.3. The molecular weight excluding hydrogens is 128 g/mol. The van der Waals surface area contributed by atoms with Crippen LogP contribution in [0.2, 0.25) is 0 Å². The molecule has 1 rings (SSSR count). The van der Waals surface area contributed by atoms with Gasteiger partial charge in [0, 0.05) is 13.2 Å². The predicted molar refractivity (Wildman–Crippen MR) is 39.6 cm³/mol. The molecule has 0 saturated heterocycles. The minimum absolute atomic E-state index is 0.255. The number of aliphatic hydroxyl groups excluding tert-OH is 2. The summed E-state index contributed by atoms with van der Waals surface area (Å²) in [6, 6.07) is 0. The fraction of sp³-hybridized carbons (Fsp3) is 1.00. The van der Waals surface area contributed by atoms with Crippen LogP contribution in [0.3, 0.4) is 0 Å². The zero-order chi connectivity index (χ0) is 7.40. The fourth-order valence-electron chi connectivity index (χ4n) is 1.77. The Labute approximate surface area is 61.9 Å². The van der Waals surface area contributed by atoms with Crippen LogP contribution in [0.25, 0.3) is 0 Å². The van der Waals surface area contributed by atoms with E-state index in [1.165, 1.54) is 12.8 Å². The molecule has 2 N–H and O–H groups in total. The summed E-state index contributed by atoms with van der Waals surface area (Å²) in [6.45, 7) is 0.510. The Bertz CT molecular complexity index is 81.3. The van der Waals surface area contributed by atoms with Crippen LogP contribution in [0.15, 0.2) is 0 Å². The van der Waals surface area contributed by atoms with Gasteiger partial charge in [-0.1, -0.05) is 12.8 Å². The molecule has 60 valence electrons. The van der Waals surface area contributed by atoms with Gasteiger partial charge in [-0.2, -0.15) is 0 Å². The highest BCUT2D eigenvalue weighted by molar-refractivity contribution is 4.73. The average molecular weight is 144 g/mol. The van der Waals surface area contributed by atoms with Gasteiger partial charge >= 0.3 is 0 Å². The first kappa shape index (κ1) is 8.02. The Hall–Kier alpha value is -0.0800. The molecule has 2 heteroatoms. The van der Waals surface area contributed by atoms with Crippen molar-refractivity contribution in [1.29, 1.82) is 0 Å². The third kappa shape index (κ3) is 1.70. The van der Waals surface area contributed by atoms with Crippen LogP contribution < -0.4 is 0 Å².